The number of carboxylic acids is 1. The number of hydrogen-bond acceptors (Lipinski definition) is 3. The fourth-order valence-corrected chi connectivity index (χ4v) is 0.864. The topological polar surface area (TPSA) is 63.3 Å². The van der Waals surface area contributed by atoms with E-state index in [0.29, 0.717) is 0 Å². The van der Waals surface area contributed by atoms with Gasteiger partial charge in [0.15, 0.2) is 5.54 Å². The Hall–Kier alpha value is -0.360. The number of alkyl halides is 2. The van der Waals surface area contributed by atoms with Gasteiger partial charge in [0.05, 0.1) is 0 Å². The van der Waals surface area contributed by atoms with Crippen molar-refractivity contribution in [1.29, 1.82) is 0 Å². The van der Waals surface area contributed by atoms with Crippen molar-refractivity contribution in [3.8, 4) is 0 Å². The zero-order chi connectivity index (χ0) is 9.07. The lowest BCUT2D eigenvalue weighted by Gasteiger charge is -2.22. The number of rotatable bonds is 4. The Bertz CT molecular complexity index is 155. The van der Waals surface area contributed by atoms with E-state index in [1.807, 2.05) is 0 Å². The molecule has 0 spiro atoms. The fourth-order valence-electron chi connectivity index (χ4n) is 0.494. The average molecular weight is 185 g/mol. The van der Waals surface area contributed by atoms with Crippen LogP contribution < -0.4 is 5.73 Å². The third-order valence-electron chi connectivity index (χ3n) is 1.31. The molecule has 1 atom stereocenters. The number of halogens is 2. The molecule has 0 saturated heterocycles. The quantitative estimate of drug-likeness (QED) is 0.554. The van der Waals surface area contributed by atoms with Crippen LogP contribution in [0.4, 0.5) is 8.78 Å². The molecule has 3 nitrogen and oxygen atoms in total. The minimum Gasteiger partial charge on any atom is -0.480 e. The molecule has 0 fully saturated rings. The molecule has 0 aliphatic heterocycles. The van der Waals surface area contributed by atoms with E-state index in [4.69, 9.17) is 10.8 Å². The Morgan fingerprint density at radius 3 is 2.27 bits per heavy atom. The number of thiol groups is 1. The summed E-state index contributed by atoms with van der Waals surface area (Å²) in [6.07, 6.45) is -3.41. The zero-order valence-corrected chi connectivity index (χ0v) is 6.52. The second kappa shape index (κ2) is 3.87. The summed E-state index contributed by atoms with van der Waals surface area (Å²) in [5.74, 6) is -1.67. The third-order valence-corrected chi connectivity index (χ3v) is 1.54. The van der Waals surface area contributed by atoms with E-state index in [0.717, 1.165) is 0 Å². The summed E-state index contributed by atoms with van der Waals surface area (Å²) in [5, 5.41) is 8.30. The minimum atomic E-state index is -3.06. The molecule has 0 unspecified atom stereocenters. The van der Waals surface area contributed by atoms with Crippen LogP contribution in [0.25, 0.3) is 0 Å². The van der Waals surface area contributed by atoms with Gasteiger partial charge < -0.3 is 10.8 Å². The van der Waals surface area contributed by atoms with Gasteiger partial charge in [-0.3, -0.25) is 0 Å². The van der Waals surface area contributed by atoms with Crippen molar-refractivity contribution in [3.05, 3.63) is 0 Å². The highest BCUT2D eigenvalue weighted by atomic mass is 32.1. The molecule has 6 heteroatoms. The maximum atomic E-state index is 12.0. The summed E-state index contributed by atoms with van der Waals surface area (Å²) < 4.78 is 24.0. The Labute approximate surface area is 68.0 Å². The summed E-state index contributed by atoms with van der Waals surface area (Å²) in [7, 11) is 0. The van der Waals surface area contributed by atoms with Crippen LogP contribution in [0.1, 0.15) is 6.42 Å². The lowest BCUT2D eigenvalue weighted by molar-refractivity contribution is -0.149. The Morgan fingerprint density at radius 2 is 2.18 bits per heavy atom. The van der Waals surface area contributed by atoms with Crippen LogP contribution in [0, 0.1) is 0 Å². The third kappa shape index (κ3) is 2.30. The van der Waals surface area contributed by atoms with E-state index in [9.17, 15) is 13.6 Å². The van der Waals surface area contributed by atoms with Crippen LogP contribution in [-0.4, -0.2) is 28.8 Å². The average Bonchev–Trinajstić information content (AvgIpc) is 1.87. The van der Waals surface area contributed by atoms with Crippen LogP contribution in [0.15, 0.2) is 0 Å². The van der Waals surface area contributed by atoms with Gasteiger partial charge in [-0.05, 0) is 12.2 Å². The molecule has 11 heavy (non-hydrogen) atoms. The highest BCUT2D eigenvalue weighted by molar-refractivity contribution is 7.80. The molecule has 0 saturated carbocycles. The maximum absolute atomic E-state index is 12.0. The summed E-state index contributed by atoms with van der Waals surface area (Å²) >= 11 is 3.63. The molecule has 0 rings (SSSR count). The van der Waals surface area contributed by atoms with Crippen LogP contribution in [0.3, 0.4) is 0 Å². The summed E-state index contributed by atoms with van der Waals surface area (Å²) in [4.78, 5) is 10.2. The van der Waals surface area contributed by atoms with Crippen molar-refractivity contribution in [3.63, 3.8) is 0 Å². The molecule has 0 heterocycles. The monoisotopic (exact) mass is 185 g/mol. The maximum Gasteiger partial charge on any atom is 0.329 e. The Morgan fingerprint density at radius 1 is 1.73 bits per heavy atom. The molecule has 0 aliphatic carbocycles. The predicted molar refractivity (Wildman–Crippen MR) is 39.0 cm³/mol. The van der Waals surface area contributed by atoms with Crippen molar-refractivity contribution in [2.75, 3.05) is 5.75 Å². The Balaban J connectivity index is 4.38. The fraction of sp³-hybridized carbons (Fsp3) is 0.800. The van der Waals surface area contributed by atoms with Crippen molar-refractivity contribution >= 4 is 18.6 Å². The molecule has 0 bridgehead atoms. The number of carboxylic acid groups (broad SMARTS) is 1. The number of carbonyl (C=O) groups is 1. The highest BCUT2D eigenvalue weighted by Crippen LogP contribution is 2.17. The first-order chi connectivity index (χ1) is 4.95. The van der Waals surface area contributed by atoms with Gasteiger partial charge in [-0.15, -0.1) is 0 Å². The normalized spacial score (nSPS) is 16.5. The number of hydrogen-bond donors (Lipinski definition) is 3. The number of nitrogens with two attached hydrogens (primary N) is 1. The van der Waals surface area contributed by atoms with Crippen molar-refractivity contribution in [1.82, 2.24) is 0 Å². The van der Waals surface area contributed by atoms with Gasteiger partial charge in [-0.25, -0.2) is 13.6 Å². The molecular formula is C5H9F2NO2S. The van der Waals surface area contributed by atoms with E-state index in [2.05, 4.69) is 12.6 Å². The van der Waals surface area contributed by atoms with Gasteiger partial charge in [0.25, 0.3) is 6.43 Å². The van der Waals surface area contributed by atoms with E-state index in [1.54, 1.807) is 0 Å². The molecule has 0 aliphatic rings. The molecule has 0 aromatic heterocycles. The van der Waals surface area contributed by atoms with Crippen LogP contribution in [0.2, 0.25) is 0 Å². The van der Waals surface area contributed by atoms with Crippen LogP contribution in [-0.2, 0) is 4.79 Å². The molecule has 0 radical (unpaired) electrons. The lowest BCUT2D eigenvalue weighted by atomic mass is 9.99. The summed E-state index contributed by atoms with van der Waals surface area (Å²) in [6, 6.07) is 0. The summed E-state index contributed by atoms with van der Waals surface area (Å²) in [5.41, 5.74) is 2.45. The number of aliphatic carboxylic acids is 1. The van der Waals surface area contributed by atoms with Gasteiger partial charge in [-0.2, -0.15) is 12.6 Å². The van der Waals surface area contributed by atoms with E-state index >= 15 is 0 Å². The second-order valence-corrected chi connectivity index (χ2v) is 2.57. The largest absolute Gasteiger partial charge is 0.480 e. The second-order valence-electron chi connectivity index (χ2n) is 2.12. The van der Waals surface area contributed by atoms with E-state index < -0.39 is 17.9 Å². The van der Waals surface area contributed by atoms with Gasteiger partial charge in [0.2, 0.25) is 0 Å². The highest BCUT2D eigenvalue weighted by Gasteiger charge is 2.42. The Kier molecular flexibility index (Phi) is 3.74. The molecule has 66 valence electrons. The van der Waals surface area contributed by atoms with Gasteiger partial charge in [0, 0.05) is 0 Å². The van der Waals surface area contributed by atoms with Crippen molar-refractivity contribution < 1.29 is 18.7 Å². The van der Waals surface area contributed by atoms with E-state index in [1.165, 1.54) is 0 Å². The van der Waals surface area contributed by atoms with Gasteiger partial charge in [-0.1, -0.05) is 0 Å². The standard InChI is InChI=1S/C5H9F2NO2S/c6-3(7)5(8,1-2-11)4(9)10/h3,11H,1-2,8H2,(H,9,10)/t5-/m1/s1. The summed E-state index contributed by atoms with van der Waals surface area (Å²) in [6.45, 7) is 0. The molecule has 0 aromatic rings. The van der Waals surface area contributed by atoms with E-state index in [-0.39, 0.29) is 12.2 Å². The van der Waals surface area contributed by atoms with Gasteiger partial charge >= 0.3 is 5.97 Å². The first-order valence-electron chi connectivity index (χ1n) is 2.86. The molecular weight excluding hydrogens is 176 g/mol. The smallest absolute Gasteiger partial charge is 0.329 e. The lowest BCUT2D eigenvalue weighted by Crippen LogP contribution is -2.54. The van der Waals surface area contributed by atoms with Crippen molar-refractivity contribution in [2.24, 2.45) is 5.73 Å². The molecule has 0 aromatic carbocycles. The SMILES string of the molecule is N[C@@](CCS)(C(=O)O)C(F)F. The predicted octanol–water partition coefficient (Wildman–Crippen LogP) is 0.353. The minimum absolute atomic E-state index is 0.0210. The van der Waals surface area contributed by atoms with Gasteiger partial charge in [0.1, 0.15) is 0 Å². The van der Waals surface area contributed by atoms with Crippen LogP contribution in [0.5, 0.6) is 0 Å². The van der Waals surface area contributed by atoms with Crippen LogP contribution >= 0.6 is 12.6 Å². The zero-order valence-electron chi connectivity index (χ0n) is 5.63. The molecule has 0 amide bonds. The first kappa shape index (κ1) is 10.6. The molecule has 3 N–H and O–H groups in total. The van der Waals surface area contributed by atoms with Crippen molar-refractivity contribution in [2.45, 2.75) is 18.4 Å². The first-order valence-corrected chi connectivity index (χ1v) is 3.49.